The first-order valence-corrected chi connectivity index (χ1v) is 11.9. The summed E-state index contributed by atoms with van der Waals surface area (Å²) < 4.78 is 20.7. The van der Waals surface area contributed by atoms with Gasteiger partial charge in [-0.25, -0.2) is 0 Å². The minimum absolute atomic E-state index is 0.0412. The van der Waals surface area contributed by atoms with E-state index in [9.17, 15) is 24.0 Å². The second-order valence-electron chi connectivity index (χ2n) is 8.33. The Morgan fingerprint density at radius 3 is 2.17 bits per heavy atom. The van der Waals surface area contributed by atoms with E-state index in [0.717, 1.165) is 12.8 Å². The van der Waals surface area contributed by atoms with Crippen LogP contribution < -0.4 is 0 Å². The standard InChI is InChI=1S/C27H36O9/c1-6-7-10-22(34-19(2)28)12-9-17-27(36-21(4)30)18-16-25(31)24(27)13-8-11-23(35-20(3)29)14-15-26(32)33-5/h8-9,11-13,16,18,22-23H,6-7,10,14-15,17H2,1-5H3/b11-8+,12-9-,24-13+/t22-,23-,27+/m1/s1. The van der Waals surface area contributed by atoms with Gasteiger partial charge in [0.05, 0.1) is 7.11 Å². The van der Waals surface area contributed by atoms with E-state index in [1.165, 1.54) is 52.2 Å². The van der Waals surface area contributed by atoms with Crippen molar-refractivity contribution in [2.24, 2.45) is 0 Å². The molecule has 36 heavy (non-hydrogen) atoms. The molecule has 9 heteroatoms. The highest BCUT2D eigenvalue weighted by Crippen LogP contribution is 2.35. The van der Waals surface area contributed by atoms with Gasteiger partial charge in [-0.05, 0) is 43.6 Å². The van der Waals surface area contributed by atoms with E-state index in [2.05, 4.69) is 4.74 Å². The smallest absolute Gasteiger partial charge is 0.305 e. The van der Waals surface area contributed by atoms with Crippen molar-refractivity contribution in [1.82, 2.24) is 0 Å². The van der Waals surface area contributed by atoms with Crippen molar-refractivity contribution in [3.8, 4) is 0 Å². The second-order valence-corrected chi connectivity index (χ2v) is 8.33. The summed E-state index contributed by atoms with van der Waals surface area (Å²) in [6, 6.07) is 0. The van der Waals surface area contributed by atoms with Crippen LogP contribution in [0.4, 0.5) is 0 Å². The number of rotatable bonds is 14. The zero-order valence-corrected chi connectivity index (χ0v) is 21.6. The molecule has 9 nitrogen and oxygen atoms in total. The first kappa shape index (κ1) is 30.5. The van der Waals surface area contributed by atoms with Gasteiger partial charge in [0.2, 0.25) is 0 Å². The van der Waals surface area contributed by atoms with Crippen LogP contribution in [0.2, 0.25) is 0 Å². The molecule has 0 bridgehead atoms. The average molecular weight is 505 g/mol. The summed E-state index contributed by atoms with van der Waals surface area (Å²) >= 11 is 0. The summed E-state index contributed by atoms with van der Waals surface area (Å²) in [7, 11) is 1.27. The van der Waals surface area contributed by atoms with E-state index >= 15 is 0 Å². The Hall–Kier alpha value is -3.49. The summed E-state index contributed by atoms with van der Waals surface area (Å²) in [6.45, 7) is 5.88. The molecular formula is C27H36O9. The van der Waals surface area contributed by atoms with Crippen molar-refractivity contribution in [3.63, 3.8) is 0 Å². The monoisotopic (exact) mass is 504 g/mol. The van der Waals surface area contributed by atoms with Crippen molar-refractivity contribution >= 4 is 29.7 Å². The third-order valence-corrected chi connectivity index (χ3v) is 5.25. The summed E-state index contributed by atoms with van der Waals surface area (Å²) in [6.07, 6.45) is 12.6. The highest BCUT2D eigenvalue weighted by Gasteiger charge is 2.41. The molecule has 0 radical (unpaired) electrons. The molecule has 0 saturated heterocycles. The minimum Gasteiger partial charge on any atom is -0.469 e. The van der Waals surface area contributed by atoms with Crippen LogP contribution >= 0.6 is 0 Å². The molecule has 0 aromatic rings. The van der Waals surface area contributed by atoms with Crippen molar-refractivity contribution in [2.45, 2.75) is 84.0 Å². The van der Waals surface area contributed by atoms with Crippen LogP contribution in [0.25, 0.3) is 0 Å². The van der Waals surface area contributed by atoms with Crippen molar-refractivity contribution in [3.05, 3.63) is 48.1 Å². The number of hydrogen-bond donors (Lipinski definition) is 0. The van der Waals surface area contributed by atoms with Crippen LogP contribution in [-0.2, 0) is 42.9 Å². The Kier molecular flexibility index (Phi) is 13.1. The van der Waals surface area contributed by atoms with Gasteiger partial charge in [-0.3, -0.25) is 24.0 Å². The first-order valence-electron chi connectivity index (χ1n) is 11.9. The third-order valence-electron chi connectivity index (χ3n) is 5.25. The van der Waals surface area contributed by atoms with Crippen molar-refractivity contribution in [2.75, 3.05) is 7.11 Å². The summed E-state index contributed by atoms with van der Waals surface area (Å²) in [5.41, 5.74) is -1.12. The van der Waals surface area contributed by atoms with Crippen LogP contribution in [0.1, 0.15) is 66.2 Å². The predicted molar refractivity (Wildman–Crippen MR) is 132 cm³/mol. The Morgan fingerprint density at radius 1 is 0.972 bits per heavy atom. The highest BCUT2D eigenvalue weighted by molar-refractivity contribution is 6.09. The Bertz CT molecular complexity index is 926. The molecule has 0 saturated carbocycles. The number of allylic oxidation sites excluding steroid dienone is 3. The summed E-state index contributed by atoms with van der Waals surface area (Å²) in [5, 5.41) is 0. The van der Waals surface area contributed by atoms with E-state index in [4.69, 9.17) is 14.2 Å². The van der Waals surface area contributed by atoms with Gasteiger partial charge in [0.1, 0.15) is 12.2 Å². The van der Waals surface area contributed by atoms with E-state index in [0.29, 0.717) is 6.42 Å². The summed E-state index contributed by atoms with van der Waals surface area (Å²) in [4.78, 5) is 58.9. The quantitative estimate of drug-likeness (QED) is 0.150. The molecular weight excluding hydrogens is 468 g/mol. The normalized spacial score (nSPS) is 20.0. The van der Waals surface area contributed by atoms with Crippen LogP contribution in [0.5, 0.6) is 0 Å². The lowest BCUT2D eigenvalue weighted by Gasteiger charge is -2.27. The fourth-order valence-corrected chi connectivity index (χ4v) is 3.64. The van der Waals surface area contributed by atoms with Crippen molar-refractivity contribution < 1.29 is 42.9 Å². The number of carbonyl (C=O) groups excluding carboxylic acids is 5. The van der Waals surface area contributed by atoms with Gasteiger partial charge in [0.15, 0.2) is 11.4 Å². The van der Waals surface area contributed by atoms with Gasteiger partial charge >= 0.3 is 23.9 Å². The molecule has 0 unspecified atom stereocenters. The molecule has 0 fully saturated rings. The zero-order valence-electron chi connectivity index (χ0n) is 21.6. The fourth-order valence-electron chi connectivity index (χ4n) is 3.64. The number of ketones is 1. The number of esters is 4. The maximum atomic E-state index is 12.6. The molecule has 0 aromatic heterocycles. The average Bonchev–Trinajstić information content (AvgIpc) is 3.09. The molecule has 1 aliphatic carbocycles. The van der Waals surface area contributed by atoms with Crippen LogP contribution in [0.3, 0.4) is 0 Å². The van der Waals surface area contributed by atoms with Crippen LogP contribution in [-0.4, -0.2) is 54.6 Å². The highest BCUT2D eigenvalue weighted by atomic mass is 16.6. The third kappa shape index (κ3) is 10.8. The number of hydrogen-bond acceptors (Lipinski definition) is 9. The van der Waals surface area contributed by atoms with E-state index in [-0.39, 0.29) is 30.6 Å². The molecule has 0 N–H and O–H groups in total. The van der Waals surface area contributed by atoms with Gasteiger partial charge in [-0.1, -0.05) is 31.6 Å². The number of ether oxygens (including phenoxy) is 4. The molecule has 0 amide bonds. The predicted octanol–water partition coefficient (Wildman–Crippen LogP) is 3.86. The topological polar surface area (TPSA) is 122 Å². The molecule has 0 aliphatic heterocycles. The van der Waals surface area contributed by atoms with E-state index in [1.807, 2.05) is 6.92 Å². The first-order chi connectivity index (χ1) is 17.0. The summed E-state index contributed by atoms with van der Waals surface area (Å²) in [5.74, 6) is -2.27. The largest absolute Gasteiger partial charge is 0.469 e. The molecule has 1 rings (SSSR count). The van der Waals surface area contributed by atoms with Crippen LogP contribution in [0.15, 0.2) is 48.1 Å². The van der Waals surface area contributed by atoms with E-state index in [1.54, 1.807) is 18.2 Å². The Morgan fingerprint density at radius 2 is 1.61 bits per heavy atom. The number of methoxy groups -OCH3 is 1. The van der Waals surface area contributed by atoms with Crippen LogP contribution in [0, 0.1) is 0 Å². The van der Waals surface area contributed by atoms with Gasteiger partial charge in [0.25, 0.3) is 0 Å². The maximum Gasteiger partial charge on any atom is 0.305 e. The molecule has 1 aliphatic rings. The minimum atomic E-state index is -1.34. The fraction of sp³-hybridized carbons (Fsp3) is 0.519. The Balaban J connectivity index is 3.16. The van der Waals surface area contributed by atoms with Gasteiger partial charge < -0.3 is 18.9 Å². The number of unbranched alkanes of at least 4 members (excludes halogenated alkanes) is 1. The van der Waals surface area contributed by atoms with Gasteiger partial charge in [0, 0.05) is 39.2 Å². The Labute approximate surface area is 212 Å². The number of carbonyl (C=O) groups is 5. The molecule has 0 heterocycles. The SMILES string of the molecule is CCCC[C@H](/C=C\C[C@]1(OC(C)=O)C=CC(=O)/C1=C\C=C\[C@H](CCC(=O)OC)OC(C)=O)OC(C)=O. The van der Waals surface area contributed by atoms with Crippen molar-refractivity contribution in [1.29, 1.82) is 0 Å². The molecule has 0 aromatic carbocycles. The molecule has 3 atom stereocenters. The lowest BCUT2D eigenvalue weighted by molar-refractivity contribution is -0.149. The molecule has 0 spiro atoms. The lowest BCUT2D eigenvalue weighted by atomic mass is 9.91. The zero-order chi connectivity index (χ0) is 27.1. The van der Waals surface area contributed by atoms with Gasteiger partial charge in [-0.2, -0.15) is 0 Å². The lowest BCUT2D eigenvalue weighted by Crippen LogP contribution is -2.33. The second kappa shape index (κ2) is 15.5. The van der Waals surface area contributed by atoms with Gasteiger partial charge in [-0.15, -0.1) is 0 Å². The molecule has 198 valence electrons. The maximum absolute atomic E-state index is 12.6. The van der Waals surface area contributed by atoms with E-state index < -0.39 is 41.7 Å².